The van der Waals surface area contributed by atoms with Gasteiger partial charge in [-0.2, -0.15) is 0 Å². The lowest BCUT2D eigenvalue weighted by molar-refractivity contribution is 0.0694. The molecule has 1 heterocycles. The molecule has 170 valence electrons. The van der Waals surface area contributed by atoms with E-state index in [0.717, 1.165) is 28.1 Å². The van der Waals surface area contributed by atoms with Crippen LogP contribution in [0.2, 0.25) is 5.02 Å². The number of nitrogens with zero attached hydrogens (tertiary/aromatic N) is 1. The zero-order valence-corrected chi connectivity index (χ0v) is 19.6. The van der Waals surface area contributed by atoms with Crippen LogP contribution in [0.3, 0.4) is 0 Å². The van der Waals surface area contributed by atoms with Crippen LogP contribution < -0.4 is 14.8 Å². The molecule has 0 aliphatic rings. The summed E-state index contributed by atoms with van der Waals surface area (Å²) in [6.45, 7) is 7.92. The smallest absolute Gasteiger partial charge is 0.337 e. The van der Waals surface area contributed by atoms with Crippen LogP contribution in [-0.4, -0.2) is 29.4 Å². The van der Waals surface area contributed by atoms with E-state index in [2.05, 4.69) is 5.32 Å². The predicted molar refractivity (Wildman–Crippen MR) is 126 cm³/mol. The first-order valence-electron chi connectivity index (χ1n) is 10.5. The first-order valence-corrected chi connectivity index (χ1v) is 10.9. The summed E-state index contributed by atoms with van der Waals surface area (Å²) in [5.74, 6) is 0.469. The van der Waals surface area contributed by atoms with Gasteiger partial charge >= 0.3 is 5.97 Å². The molecule has 0 spiro atoms. The van der Waals surface area contributed by atoms with Gasteiger partial charge in [-0.15, -0.1) is 0 Å². The van der Waals surface area contributed by atoms with Gasteiger partial charge < -0.3 is 24.5 Å². The summed E-state index contributed by atoms with van der Waals surface area (Å²) in [6, 6.07) is 13.4. The topological polar surface area (TPSA) is 72.7 Å². The molecule has 0 fully saturated rings. The molecule has 0 amide bonds. The van der Waals surface area contributed by atoms with Gasteiger partial charge in [-0.05, 0) is 56.2 Å². The van der Waals surface area contributed by atoms with E-state index in [1.807, 2.05) is 67.8 Å². The van der Waals surface area contributed by atoms with Crippen molar-refractivity contribution in [3.63, 3.8) is 0 Å². The highest BCUT2D eigenvalue weighted by Crippen LogP contribution is 2.28. The van der Waals surface area contributed by atoms with E-state index < -0.39 is 5.97 Å². The SMILES string of the molecule is CCOc1ccc(CNCc2c(C(=O)O)c(C)n(Cc3ccc(Cl)cc3)c2C)cc1OC. The maximum atomic E-state index is 12.0. The highest BCUT2D eigenvalue weighted by Gasteiger charge is 2.22. The van der Waals surface area contributed by atoms with Crippen LogP contribution in [0.5, 0.6) is 11.5 Å². The van der Waals surface area contributed by atoms with Gasteiger partial charge in [0.05, 0.1) is 19.3 Å². The quantitative estimate of drug-likeness (QED) is 0.438. The number of methoxy groups -OCH3 is 1. The number of ether oxygens (including phenoxy) is 2. The number of aromatic nitrogens is 1. The van der Waals surface area contributed by atoms with Crippen LogP contribution >= 0.6 is 11.6 Å². The van der Waals surface area contributed by atoms with E-state index in [1.165, 1.54) is 0 Å². The summed E-state index contributed by atoms with van der Waals surface area (Å²) in [4.78, 5) is 12.0. The molecule has 7 heteroatoms. The van der Waals surface area contributed by atoms with Crippen LogP contribution in [0.4, 0.5) is 0 Å². The van der Waals surface area contributed by atoms with Crippen molar-refractivity contribution in [3.05, 3.63) is 81.1 Å². The Morgan fingerprint density at radius 1 is 1.03 bits per heavy atom. The number of halogens is 1. The molecule has 32 heavy (non-hydrogen) atoms. The number of carbonyl (C=O) groups is 1. The zero-order chi connectivity index (χ0) is 23.3. The average molecular weight is 457 g/mol. The number of benzene rings is 2. The molecular formula is C25H29ClN2O4. The van der Waals surface area contributed by atoms with Crippen molar-refractivity contribution in [3.8, 4) is 11.5 Å². The average Bonchev–Trinajstić information content (AvgIpc) is 3.00. The molecule has 2 N–H and O–H groups in total. The molecule has 0 saturated carbocycles. The van der Waals surface area contributed by atoms with E-state index in [1.54, 1.807) is 7.11 Å². The Morgan fingerprint density at radius 2 is 1.72 bits per heavy atom. The number of hydrogen-bond acceptors (Lipinski definition) is 4. The van der Waals surface area contributed by atoms with Crippen LogP contribution in [0.1, 0.15) is 45.4 Å². The van der Waals surface area contributed by atoms with Gasteiger partial charge in [-0.1, -0.05) is 29.8 Å². The highest BCUT2D eigenvalue weighted by molar-refractivity contribution is 6.30. The molecule has 0 atom stereocenters. The Kier molecular flexibility index (Phi) is 7.83. The molecule has 3 aromatic rings. The second-order valence-electron chi connectivity index (χ2n) is 7.56. The second kappa shape index (κ2) is 10.6. The molecule has 0 saturated heterocycles. The maximum Gasteiger partial charge on any atom is 0.337 e. The minimum absolute atomic E-state index is 0.355. The molecule has 2 aromatic carbocycles. The van der Waals surface area contributed by atoms with E-state index >= 15 is 0 Å². The third-order valence-corrected chi connectivity index (χ3v) is 5.79. The largest absolute Gasteiger partial charge is 0.493 e. The Hall–Kier alpha value is -2.96. The minimum atomic E-state index is -0.917. The van der Waals surface area contributed by atoms with Gasteiger partial charge in [0.1, 0.15) is 0 Å². The Labute approximate surface area is 193 Å². The fourth-order valence-electron chi connectivity index (χ4n) is 3.89. The fourth-order valence-corrected chi connectivity index (χ4v) is 4.01. The van der Waals surface area contributed by atoms with Crippen molar-refractivity contribution in [1.82, 2.24) is 9.88 Å². The summed E-state index contributed by atoms with van der Waals surface area (Å²) < 4.78 is 13.0. The number of nitrogens with one attached hydrogen (secondary N) is 1. The van der Waals surface area contributed by atoms with Crippen LogP contribution in [-0.2, 0) is 19.6 Å². The maximum absolute atomic E-state index is 12.0. The lowest BCUT2D eigenvalue weighted by Crippen LogP contribution is -2.15. The normalized spacial score (nSPS) is 10.9. The van der Waals surface area contributed by atoms with Gasteiger partial charge in [-0.3, -0.25) is 0 Å². The lowest BCUT2D eigenvalue weighted by atomic mass is 10.1. The molecule has 1 aromatic heterocycles. The molecule has 0 aliphatic heterocycles. The van der Waals surface area contributed by atoms with Gasteiger partial charge in [0, 0.05) is 41.6 Å². The summed E-state index contributed by atoms with van der Waals surface area (Å²) in [6.07, 6.45) is 0. The van der Waals surface area contributed by atoms with E-state index in [9.17, 15) is 9.90 Å². The highest BCUT2D eigenvalue weighted by atomic mass is 35.5. The van der Waals surface area contributed by atoms with Gasteiger partial charge in [-0.25, -0.2) is 4.79 Å². The first kappa shape index (κ1) is 23.7. The van der Waals surface area contributed by atoms with Crippen LogP contribution in [0.15, 0.2) is 42.5 Å². The van der Waals surface area contributed by atoms with E-state index in [0.29, 0.717) is 48.3 Å². The standard InChI is InChI=1S/C25H29ClN2O4/c1-5-32-22-11-8-19(12-23(22)31-4)13-27-14-21-16(2)28(17(3)24(21)25(29)30)15-18-6-9-20(26)10-7-18/h6-12,27H,5,13-15H2,1-4H3,(H,29,30). The molecule has 6 nitrogen and oxygen atoms in total. The number of aromatic carboxylic acids is 1. The molecule has 0 bridgehead atoms. The van der Waals surface area contributed by atoms with E-state index in [-0.39, 0.29) is 0 Å². The Morgan fingerprint density at radius 3 is 2.34 bits per heavy atom. The molecule has 0 aliphatic carbocycles. The van der Waals surface area contributed by atoms with Crippen LogP contribution in [0, 0.1) is 13.8 Å². The third-order valence-electron chi connectivity index (χ3n) is 5.54. The summed E-state index contributed by atoms with van der Waals surface area (Å²) in [5, 5.41) is 13.9. The molecule has 3 rings (SSSR count). The molecule has 0 radical (unpaired) electrons. The number of hydrogen-bond donors (Lipinski definition) is 2. The van der Waals surface area contributed by atoms with Gasteiger partial charge in [0.25, 0.3) is 0 Å². The van der Waals surface area contributed by atoms with Gasteiger partial charge in [0.15, 0.2) is 11.5 Å². The van der Waals surface area contributed by atoms with Crippen molar-refractivity contribution in [2.75, 3.05) is 13.7 Å². The minimum Gasteiger partial charge on any atom is -0.493 e. The summed E-state index contributed by atoms with van der Waals surface area (Å²) in [5.41, 5.74) is 4.91. The first-order chi connectivity index (χ1) is 15.3. The number of carboxylic acids is 1. The monoisotopic (exact) mass is 456 g/mol. The third kappa shape index (κ3) is 5.26. The van der Waals surface area contributed by atoms with Crippen molar-refractivity contribution in [1.29, 1.82) is 0 Å². The predicted octanol–water partition coefficient (Wildman–Crippen LogP) is 5.20. The van der Waals surface area contributed by atoms with Gasteiger partial charge in [0.2, 0.25) is 0 Å². The van der Waals surface area contributed by atoms with Crippen LogP contribution in [0.25, 0.3) is 0 Å². The zero-order valence-electron chi connectivity index (χ0n) is 18.9. The summed E-state index contributed by atoms with van der Waals surface area (Å²) >= 11 is 5.99. The second-order valence-corrected chi connectivity index (χ2v) is 8.00. The van der Waals surface area contributed by atoms with E-state index in [4.69, 9.17) is 21.1 Å². The fraction of sp³-hybridized carbons (Fsp3) is 0.320. The van der Waals surface area contributed by atoms with Crippen molar-refractivity contribution >= 4 is 17.6 Å². The summed E-state index contributed by atoms with van der Waals surface area (Å²) in [7, 11) is 1.61. The lowest BCUT2D eigenvalue weighted by Gasteiger charge is -2.12. The van der Waals surface area contributed by atoms with Crippen molar-refractivity contribution in [2.24, 2.45) is 0 Å². The molecule has 0 unspecified atom stereocenters. The van der Waals surface area contributed by atoms with Crippen molar-refractivity contribution < 1.29 is 19.4 Å². The number of carboxylic acid groups (broad SMARTS) is 1. The van der Waals surface area contributed by atoms with Crippen molar-refractivity contribution in [2.45, 2.75) is 40.4 Å². The Balaban J connectivity index is 1.79. The Bertz CT molecular complexity index is 1090. The number of rotatable bonds is 10. The molecular weight excluding hydrogens is 428 g/mol.